The zero-order chi connectivity index (χ0) is 31.4. The highest BCUT2D eigenvalue weighted by atomic mass is 16.6. The maximum Gasteiger partial charge on any atom is 0.338 e. The number of methoxy groups -OCH3 is 2. The Balaban J connectivity index is 2.36. The van der Waals surface area contributed by atoms with Crippen LogP contribution in [0.5, 0.6) is 11.5 Å². The lowest BCUT2D eigenvalue weighted by molar-refractivity contribution is -0.146. The third kappa shape index (κ3) is 10.1. The third-order valence-corrected chi connectivity index (χ3v) is 7.22. The highest BCUT2D eigenvalue weighted by Gasteiger charge is 2.39. The number of hydrogen-bond donors (Lipinski definition) is 0. The second-order valence-corrected chi connectivity index (χ2v) is 10.5. The lowest BCUT2D eigenvalue weighted by atomic mass is 9.78. The number of rotatable bonds is 15. The molecular weight excluding hydrogens is 544 g/mol. The summed E-state index contributed by atoms with van der Waals surface area (Å²) in [5, 5.41) is 0. The molecule has 0 spiro atoms. The molecule has 0 fully saturated rings. The molecular formula is C32H42O10. The van der Waals surface area contributed by atoms with E-state index in [1.165, 1.54) is 28.1 Å². The molecule has 0 aliphatic heterocycles. The van der Waals surface area contributed by atoms with Crippen LogP contribution >= 0.6 is 0 Å². The number of carbonyl (C=O) groups excluding carboxylic acids is 4. The van der Waals surface area contributed by atoms with Crippen molar-refractivity contribution < 1.29 is 47.6 Å². The summed E-state index contributed by atoms with van der Waals surface area (Å²) in [6.07, 6.45) is -1.45. The second-order valence-electron chi connectivity index (χ2n) is 10.5. The van der Waals surface area contributed by atoms with E-state index in [4.69, 9.17) is 28.4 Å². The van der Waals surface area contributed by atoms with Crippen LogP contribution < -0.4 is 9.47 Å². The molecule has 0 aliphatic rings. The molecule has 0 aliphatic carbocycles. The van der Waals surface area contributed by atoms with E-state index in [2.05, 4.69) is 0 Å². The largest absolute Gasteiger partial charge is 0.497 e. The van der Waals surface area contributed by atoms with Gasteiger partial charge in [0, 0.05) is 25.7 Å². The van der Waals surface area contributed by atoms with Crippen LogP contribution in [0.3, 0.4) is 0 Å². The van der Waals surface area contributed by atoms with Crippen molar-refractivity contribution in [2.75, 3.05) is 27.4 Å². The molecule has 2 rings (SSSR count). The van der Waals surface area contributed by atoms with Gasteiger partial charge in [-0.15, -0.1) is 0 Å². The number of hydrogen-bond acceptors (Lipinski definition) is 10. The Morgan fingerprint density at radius 3 is 1.14 bits per heavy atom. The molecule has 0 saturated heterocycles. The van der Waals surface area contributed by atoms with Gasteiger partial charge in [0.2, 0.25) is 0 Å². The minimum Gasteiger partial charge on any atom is -0.497 e. The summed E-state index contributed by atoms with van der Waals surface area (Å²) in [5.41, 5.74) is 0.650. The fourth-order valence-electron chi connectivity index (χ4n) is 4.61. The quantitative estimate of drug-likeness (QED) is 0.205. The van der Waals surface area contributed by atoms with Gasteiger partial charge in [-0.3, -0.25) is 9.59 Å². The van der Waals surface area contributed by atoms with E-state index in [1.807, 2.05) is 27.7 Å². The SMILES string of the molecule is COc1ccc(C(=O)O[C@H]([C@@H](C)[C@@H](C)[C@H](OC(=O)c2ccc(OC)cc2)[C@H](C)COC(C)=O)[C@@H](C)COC(C)=O)cc1. The summed E-state index contributed by atoms with van der Waals surface area (Å²) < 4.78 is 32.9. The summed E-state index contributed by atoms with van der Waals surface area (Å²) in [7, 11) is 3.06. The van der Waals surface area contributed by atoms with Crippen LogP contribution in [0.1, 0.15) is 62.3 Å². The van der Waals surface area contributed by atoms with Gasteiger partial charge in [0.25, 0.3) is 0 Å². The van der Waals surface area contributed by atoms with Crippen molar-refractivity contribution in [2.24, 2.45) is 23.7 Å². The van der Waals surface area contributed by atoms with Gasteiger partial charge in [-0.05, 0) is 60.4 Å². The minimum absolute atomic E-state index is 0.0201. The first kappa shape index (κ1) is 34.1. The Kier molecular flexibility index (Phi) is 13.3. The molecule has 10 nitrogen and oxygen atoms in total. The molecule has 0 aromatic heterocycles. The number of benzene rings is 2. The molecule has 2 aromatic carbocycles. The molecule has 0 saturated carbocycles. The highest BCUT2D eigenvalue weighted by Crippen LogP contribution is 2.32. The van der Waals surface area contributed by atoms with E-state index >= 15 is 0 Å². The van der Waals surface area contributed by atoms with Gasteiger partial charge in [0.15, 0.2) is 0 Å². The van der Waals surface area contributed by atoms with Gasteiger partial charge in [-0.2, -0.15) is 0 Å². The normalized spacial score (nSPS) is 15.1. The molecule has 0 bridgehead atoms. The van der Waals surface area contributed by atoms with E-state index in [9.17, 15) is 19.2 Å². The fraction of sp³-hybridized carbons (Fsp3) is 0.500. The molecule has 6 atom stereocenters. The van der Waals surface area contributed by atoms with E-state index in [0.717, 1.165) is 0 Å². The van der Waals surface area contributed by atoms with Crippen LogP contribution in [0.4, 0.5) is 0 Å². The van der Waals surface area contributed by atoms with Crippen molar-refractivity contribution in [1.29, 1.82) is 0 Å². The lowest BCUT2D eigenvalue weighted by Crippen LogP contribution is -2.44. The van der Waals surface area contributed by atoms with Gasteiger partial charge >= 0.3 is 23.9 Å². The van der Waals surface area contributed by atoms with Crippen molar-refractivity contribution in [2.45, 2.75) is 53.8 Å². The maximum absolute atomic E-state index is 13.2. The Morgan fingerprint density at radius 1 is 0.571 bits per heavy atom. The maximum atomic E-state index is 13.2. The first-order valence-corrected chi connectivity index (χ1v) is 13.8. The predicted molar refractivity (Wildman–Crippen MR) is 154 cm³/mol. The van der Waals surface area contributed by atoms with Crippen molar-refractivity contribution in [3.63, 3.8) is 0 Å². The Hall–Kier alpha value is -4.08. The molecule has 10 heteroatoms. The Bertz CT molecular complexity index is 1080. The zero-order valence-corrected chi connectivity index (χ0v) is 25.6. The molecule has 0 heterocycles. The summed E-state index contributed by atoms with van der Waals surface area (Å²) in [4.78, 5) is 49.5. The van der Waals surface area contributed by atoms with Crippen LogP contribution in [0.2, 0.25) is 0 Å². The van der Waals surface area contributed by atoms with Gasteiger partial charge in [-0.1, -0.05) is 27.7 Å². The van der Waals surface area contributed by atoms with Crippen molar-refractivity contribution >= 4 is 23.9 Å². The Morgan fingerprint density at radius 2 is 0.881 bits per heavy atom. The summed E-state index contributed by atoms with van der Waals surface area (Å²) >= 11 is 0. The smallest absolute Gasteiger partial charge is 0.338 e. The topological polar surface area (TPSA) is 124 Å². The first-order chi connectivity index (χ1) is 19.9. The van der Waals surface area contributed by atoms with E-state index in [1.54, 1.807) is 48.5 Å². The summed E-state index contributed by atoms with van der Waals surface area (Å²) in [6, 6.07) is 13.0. The number of esters is 4. The average molecular weight is 587 g/mol. The van der Waals surface area contributed by atoms with Gasteiger partial charge in [0.1, 0.15) is 23.7 Å². The fourth-order valence-corrected chi connectivity index (χ4v) is 4.61. The Labute approximate surface area is 247 Å². The van der Waals surface area contributed by atoms with E-state index in [0.29, 0.717) is 22.6 Å². The average Bonchev–Trinajstić information content (AvgIpc) is 2.99. The highest BCUT2D eigenvalue weighted by molar-refractivity contribution is 5.90. The molecule has 0 unspecified atom stereocenters. The molecule has 230 valence electrons. The van der Waals surface area contributed by atoms with E-state index < -0.39 is 47.9 Å². The molecule has 42 heavy (non-hydrogen) atoms. The van der Waals surface area contributed by atoms with Crippen LogP contribution in [0.15, 0.2) is 48.5 Å². The van der Waals surface area contributed by atoms with Gasteiger partial charge in [-0.25, -0.2) is 9.59 Å². The molecule has 0 N–H and O–H groups in total. The minimum atomic E-state index is -0.725. The lowest BCUT2D eigenvalue weighted by Gasteiger charge is -2.37. The standard InChI is InChI=1S/C32H42O10/c1-19(17-39-23(5)33)29(41-31(35)25-9-13-27(37-7)14-10-25)21(3)22(4)30(20(2)18-40-24(6)34)42-32(36)26-11-15-28(38-8)16-12-26/h9-16,19-22,29-30H,17-18H2,1-8H3/t19-,20+,21-,22+,29-,30+. The van der Waals surface area contributed by atoms with Crippen LogP contribution in [-0.4, -0.2) is 63.5 Å². The molecule has 0 radical (unpaired) electrons. The second kappa shape index (κ2) is 16.4. The summed E-state index contributed by atoms with van der Waals surface area (Å²) in [6.45, 7) is 10.1. The predicted octanol–water partition coefficient (Wildman–Crippen LogP) is 5.13. The third-order valence-electron chi connectivity index (χ3n) is 7.22. The van der Waals surface area contributed by atoms with Gasteiger partial charge < -0.3 is 28.4 Å². The van der Waals surface area contributed by atoms with Crippen LogP contribution in [-0.2, 0) is 28.5 Å². The number of carbonyl (C=O) groups is 4. The summed E-state index contributed by atoms with van der Waals surface area (Å²) in [5.74, 6) is -2.39. The van der Waals surface area contributed by atoms with Crippen molar-refractivity contribution in [3.05, 3.63) is 59.7 Å². The van der Waals surface area contributed by atoms with E-state index in [-0.39, 0.29) is 25.0 Å². The van der Waals surface area contributed by atoms with Crippen LogP contribution in [0, 0.1) is 23.7 Å². The zero-order valence-electron chi connectivity index (χ0n) is 25.6. The molecule has 0 amide bonds. The van der Waals surface area contributed by atoms with Gasteiger partial charge in [0.05, 0.1) is 38.6 Å². The number of ether oxygens (including phenoxy) is 6. The molecule has 2 aromatic rings. The monoisotopic (exact) mass is 586 g/mol. The van der Waals surface area contributed by atoms with Crippen molar-refractivity contribution in [3.8, 4) is 11.5 Å². The van der Waals surface area contributed by atoms with Crippen molar-refractivity contribution in [1.82, 2.24) is 0 Å². The first-order valence-electron chi connectivity index (χ1n) is 13.8. The van der Waals surface area contributed by atoms with Crippen LogP contribution in [0.25, 0.3) is 0 Å².